The van der Waals surface area contributed by atoms with Crippen molar-refractivity contribution in [2.24, 2.45) is 0 Å². The molecule has 0 bridgehead atoms. The molecule has 21 heavy (non-hydrogen) atoms. The number of hydrogen-bond donors (Lipinski definition) is 1. The second-order valence-corrected chi connectivity index (χ2v) is 7.72. The van der Waals surface area contributed by atoms with Gasteiger partial charge in [-0.25, -0.2) is 12.7 Å². The van der Waals surface area contributed by atoms with E-state index in [1.165, 1.54) is 4.31 Å². The number of benzene rings is 1. The van der Waals surface area contributed by atoms with Crippen LogP contribution in [0, 0.1) is 6.92 Å². The summed E-state index contributed by atoms with van der Waals surface area (Å²) in [5.74, 6) is 0. The fraction of sp³-hybridized carbons (Fsp3) is 0.500. The van der Waals surface area contributed by atoms with Crippen molar-refractivity contribution >= 4 is 10.0 Å². The summed E-state index contributed by atoms with van der Waals surface area (Å²) in [5, 5.41) is 9.60. The number of sulfonamides is 1. The van der Waals surface area contributed by atoms with Crippen LogP contribution in [0.5, 0.6) is 0 Å². The zero-order chi connectivity index (χ0) is 15.5. The van der Waals surface area contributed by atoms with Gasteiger partial charge >= 0.3 is 0 Å². The van der Waals surface area contributed by atoms with Crippen LogP contribution in [-0.2, 0) is 10.0 Å². The minimum atomic E-state index is -3.43. The second-order valence-electron chi connectivity index (χ2n) is 5.67. The molecule has 1 atom stereocenters. The van der Waals surface area contributed by atoms with Crippen LogP contribution in [-0.4, -0.2) is 37.5 Å². The van der Waals surface area contributed by atoms with Crippen LogP contribution in [0.1, 0.15) is 31.2 Å². The van der Waals surface area contributed by atoms with E-state index in [0.29, 0.717) is 17.9 Å². The highest BCUT2D eigenvalue weighted by Crippen LogP contribution is 2.22. The fourth-order valence-corrected chi connectivity index (χ4v) is 3.67. The van der Waals surface area contributed by atoms with E-state index < -0.39 is 10.0 Å². The summed E-state index contributed by atoms with van der Waals surface area (Å²) in [6.45, 7) is 2.37. The highest BCUT2D eigenvalue weighted by atomic mass is 32.2. The summed E-state index contributed by atoms with van der Waals surface area (Å²) in [4.78, 5) is 0.327. The maximum atomic E-state index is 12.4. The van der Waals surface area contributed by atoms with E-state index in [-0.39, 0.29) is 6.10 Å². The van der Waals surface area contributed by atoms with E-state index in [1.54, 1.807) is 31.3 Å². The lowest BCUT2D eigenvalue weighted by molar-refractivity contribution is 0.201. The highest BCUT2D eigenvalue weighted by molar-refractivity contribution is 7.89. The summed E-state index contributed by atoms with van der Waals surface area (Å²) in [5.41, 5.74) is 2.19. The van der Waals surface area contributed by atoms with Gasteiger partial charge in [0.25, 0.3) is 0 Å². The number of nitrogens with zero attached hydrogens (tertiary/aromatic N) is 1. The Bertz CT molecular complexity index is 605. The topological polar surface area (TPSA) is 57.6 Å². The lowest BCUT2D eigenvalue weighted by Gasteiger charge is -2.21. The highest BCUT2D eigenvalue weighted by Gasteiger charge is 2.21. The van der Waals surface area contributed by atoms with E-state index in [9.17, 15) is 13.5 Å². The van der Waals surface area contributed by atoms with E-state index in [2.05, 4.69) is 0 Å². The van der Waals surface area contributed by atoms with Crippen molar-refractivity contribution in [2.75, 3.05) is 13.6 Å². The fourth-order valence-electron chi connectivity index (χ4n) is 2.50. The standard InChI is InChI=1S/C16H23NO3S/c1-13-6-8-16(9-7-13)21(19,20)17(2)11-10-14-4-3-5-15(18)12-14/h6-9,12,15,18H,3-5,10-11H2,1-2H3/t15-/m1/s1. The van der Waals surface area contributed by atoms with Gasteiger partial charge in [0.2, 0.25) is 10.0 Å². The molecule has 1 aliphatic carbocycles. The van der Waals surface area contributed by atoms with Crippen molar-refractivity contribution < 1.29 is 13.5 Å². The van der Waals surface area contributed by atoms with Crippen LogP contribution >= 0.6 is 0 Å². The minimum Gasteiger partial charge on any atom is -0.389 e. The Labute approximate surface area is 127 Å². The summed E-state index contributed by atoms with van der Waals surface area (Å²) < 4.78 is 26.3. The molecule has 5 heteroatoms. The second kappa shape index (κ2) is 6.73. The third-order valence-electron chi connectivity index (χ3n) is 3.90. The molecule has 0 saturated heterocycles. The lowest BCUT2D eigenvalue weighted by atomic mass is 9.95. The molecule has 0 amide bonds. The van der Waals surface area contributed by atoms with Gasteiger partial charge in [-0.3, -0.25) is 0 Å². The summed E-state index contributed by atoms with van der Waals surface area (Å²) in [7, 11) is -1.82. The predicted octanol–water partition coefficient (Wildman–Crippen LogP) is 2.48. The number of hydrogen-bond acceptors (Lipinski definition) is 3. The molecule has 116 valence electrons. The third-order valence-corrected chi connectivity index (χ3v) is 5.77. The first kappa shape index (κ1) is 16.2. The summed E-state index contributed by atoms with van der Waals surface area (Å²) >= 11 is 0. The van der Waals surface area contributed by atoms with E-state index in [4.69, 9.17) is 0 Å². The largest absolute Gasteiger partial charge is 0.389 e. The van der Waals surface area contributed by atoms with Gasteiger partial charge in [-0.05, 0) is 44.7 Å². The van der Waals surface area contributed by atoms with E-state index in [1.807, 2.05) is 13.0 Å². The van der Waals surface area contributed by atoms with E-state index >= 15 is 0 Å². The van der Waals surface area contributed by atoms with Crippen molar-refractivity contribution in [1.82, 2.24) is 4.31 Å². The molecule has 0 radical (unpaired) electrons. The maximum Gasteiger partial charge on any atom is 0.242 e. The molecule has 0 spiro atoms. The Kier molecular flexibility index (Phi) is 5.19. The molecule has 0 unspecified atom stereocenters. The van der Waals surface area contributed by atoms with Crippen molar-refractivity contribution in [3.63, 3.8) is 0 Å². The molecule has 0 aliphatic heterocycles. The Morgan fingerprint density at radius 1 is 1.29 bits per heavy atom. The molecule has 1 N–H and O–H groups in total. The van der Waals surface area contributed by atoms with Crippen molar-refractivity contribution in [3.05, 3.63) is 41.5 Å². The smallest absolute Gasteiger partial charge is 0.242 e. The maximum absolute atomic E-state index is 12.4. The zero-order valence-corrected chi connectivity index (χ0v) is 13.4. The molecule has 0 aromatic heterocycles. The van der Waals surface area contributed by atoms with E-state index in [0.717, 1.165) is 30.4 Å². The van der Waals surface area contributed by atoms with Gasteiger partial charge in [-0.1, -0.05) is 29.3 Å². The third kappa shape index (κ3) is 4.15. The minimum absolute atomic E-state index is 0.327. The first-order valence-corrected chi connectivity index (χ1v) is 8.74. The normalized spacial score (nSPS) is 19.6. The Balaban J connectivity index is 2.02. The molecule has 0 fully saturated rings. The van der Waals surface area contributed by atoms with Gasteiger partial charge in [0.05, 0.1) is 11.0 Å². The van der Waals surface area contributed by atoms with Gasteiger partial charge in [-0.2, -0.15) is 0 Å². The molecule has 1 aromatic carbocycles. The van der Waals surface area contributed by atoms with Crippen LogP contribution in [0.4, 0.5) is 0 Å². The Hall–Kier alpha value is -1.17. The number of rotatable bonds is 5. The van der Waals surface area contributed by atoms with Gasteiger partial charge in [0, 0.05) is 13.6 Å². The predicted molar refractivity (Wildman–Crippen MR) is 83.6 cm³/mol. The molecule has 1 aliphatic rings. The van der Waals surface area contributed by atoms with Gasteiger partial charge in [0.1, 0.15) is 0 Å². The summed E-state index contributed by atoms with van der Waals surface area (Å²) in [6, 6.07) is 6.90. The Morgan fingerprint density at radius 2 is 1.95 bits per heavy atom. The number of aliphatic hydroxyl groups excluding tert-OH is 1. The molecule has 0 saturated carbocycles. The van der Waals surface area contributed by atoms with Gasteiger partial charge in [0.15, 0.2) is 0 Å². The zero-order valence-electron chi connectivity index (χ0n) is 12.6. The molecular formula is C16H23NO3S. The summed E-state index contributed by atoms with van der Waals surface area (Å²) in [6.07, 6.45) is 4.92. The van der Waals surface area contributed by atoms with Crippen molar-refractivity contribution in [1.29, 1.82) is 0 Å². The van der Waals surface area contributed by atoms with Crippen LogP contribution in [0.25, 0.3) is 0 Å². The molecule has 0 heterocycles. The SMILES string of the molecule is Cc1ccc(S(=O)(=O)N(C)CCC2=C[C@H](O)CCC2)cc1. The number of aryl methyl sites for hydroxylation is 1. The molecular weight excluding hydrogens is 286 g/mol. The Morgan fingerprint density at radius 3 is 2.57 bits per heavy atom. The average molecular weight is 309 g/mol. The van der Waals surface area contributed by atoms with Crippen LogP contribution in [0.2, 0.25) is 0 Å². The first-order chi connectivity index (χ1) is 9.89. The lowest BCUT2D eigenvalue weighted by Crippen LogP contribution is -2.28. The average Bonchev–Trinajstić information content (AvgIpc) is 2.45. The van der Waals surface area contributed by atoms with Gasteiger partial charge in [-0.15, -0.1) is 0 Å². The first-order valence-electron chi connectivity index (χ1n) is 7.30. The number of aliphatic hydroxyl groups is 1. The van der Waals surface area contributed by atoms with Gasteiger partial charge < -0.3 is 5.11 Å². The van der Waals surface area contributed by atoms with Crippen LogP contribution in [0.3, 0.4) is 0 Å². The molecule has 1 aromatic rings. The molecule has 2 rings (SSSR count). The van der Waals surface area contributed by atoms with Crippen molar-refractivity contribution in [2.45, 2.75) is 43.6 Å². The van der Waals surface area contributed by atoms with Crippen LogP contribution in [0.15, 0.2) is 40.8 Å². The molecule has 4 nitrogen and oxygen atoms in total. The van der Waals surface area contributed by atoms with Crippen LogP contribution < -0.4 is 0 Å². The van der Waals surface area contributed by atoms with Crippen molar-refractivity contribution in [3.8, 4) is 0 Å². The quantitative estimate of drug-likeness (QED) is 0.850. The monoisotopic (exact) mass is 309 g/mol.